The molecule has 3 aromatic carbocycles. The lowest BCUT2D eigenvalue weighted by molar-refractivity contribution is -0.138. The van der Waals surface area contributed by atoms with Crippen LogP contribution in [0.3, 0.4) is 0 Å². The molecule has 1 heterocycles. The van der Waals surface area contributed by atoms with E-state index < -0.39 is 17.9 Å². The lowest BCUT2D eigenvalue weighted by Crippen LogP contribution is -2.38. The average Bonchev–Trinajstić information content (AvgIpc) is 3.29. The first-order valence-electron chi connectivity index (χ1n) is 11.8. The highest BCUT2D eigenvalue weighted by molar-refractivity contribution is 7.16. The first-order chi connectivity index (χ1) is 17.4. The predicted molar refractivity (Wildman–Crippen MR) is 144 cm³/mol. The van der Waals surface area contributed by atoms with Crippen LogP contribution in [0.15, 0.2) is 84.9 Å². The second kappa shape index (κ2) is 11.6. The Morgan fingerprint density at radius 1 is 0.944 bits per heavy atom. The Hall–Kier alpha value is -3.97. The number of aliphatic carboxylic acids is 1. The molecule has 0 saturated carbocycles. The van der Waals surface area contributed by atoms with E-state index in [1.54, 1.807) is 23.5 Å². The number of thiazole rings is 1. The highest BCUT2D eigenvalue weighted by Gasteiger charge is 2.18. The number of aryl methyl sites for hydroxylation is 1. The topological polar surface area (TPSA) is 82.5 Å². The van der Waals surface area contributed by atoms with Gasteiger partial charge in [-0.3, -0.25) is 9.59 Å². The highest BCUT2D eigenvalue weighted by atomic mass is 32.1. The van der Waals surface area contributed by atoms with Crippen molar-refractivity contribution in [1.82, 2.24) is 10.3 Å². The van der Waals surface area contributed by atoms with E-state index in [1.165, 1.54) is 17.4 Å². The number of amides is 1. The van der Waals surface area contributed by atoms with Gasteiger partial charge in [0.15, 0.2) is 5.13 Å². The van der Waals surface area contributed by atoms with Gasteiger partial charge in [0, 0.05) is 29.1 Å². The molecule has 1 atom stereocenters. The van der Waals surface area contributed by atoms with E-state index in [9.17, 15) is 9.59 Å². The summed E-state index contributed by atoms with van der Waals surface area (Å²) in [5.74, 6) is -1.47. The van der Waals surface area contributed by atoms with Gasteiger partial charge in [0.1, 0.15) is 6.04 Å². The Bertz CT molecular complexity index is 1300. The molecule has 0 spiro atoms. The van der Waals surface area contributed by atoms with Crippen LogP contribution >= 0.6 is 11.3 Å². The number of hydrogen-bond acceptors (Lipinski definition) is 5. The van der Waals surface area contributed by atoms with Gasteiger partial charge in [-0.2, -0.15) is 0 Å². The molecule has 0 aliphatic carbocycles. The summed E-state index contributed by atoms with van der Waals surface area (Å²) in [5, 5.41) is 12.5. The maximum atomic E-state index is 12.4. The monoisotopic (exact) mass is 499 g/mol. The molecule has 0 saturated heterocycles. The van der Waals surface area contributed by atoms with Gasteiger partial charge in [0.25, 0.3) is 5.91 Å². The molecular weight excluding hydrogens is 470 g/mol. The maximum absolute atomic E-state index is 12.4. The number of carbonyl (C=O) groups is 2. The fourth-order valence-electron chi connectivity index (χ4n) is 3.86. The van der Waals surface area contributed by atoms with Crippen LogP contribution in [0.4, 0.5) is 5.13 Å². The molecule has 36 heavy (non-hydrogen) atoms. The van der Waals surface area contributed by atoms with E-state index in [2.05, 4.69) is 53.5 Å². The van der Waals surface area contributed by atoms with Gasteiger partial charge in [-0.1, -0.05) is 72.8 Å². The molecule has 0 bridgehead atoms. The van der Waals surface area contributed by atoms with Crippen molar-refractivity contribution in [1.29, 1.82) is 0 Å². The fraction of sp³-hybridized carbons (Fsp3) is 0.207. The third kappa shape index (κ3) is 6.37. The molecule has 184 valence electrons. The summed E-state index contributed by atoms with van der Waals surface area (Å²) in [6.45, 7) is 4.98. The van der Waals surface area contributed by atoms with E-state index in [-0.39, 0.29) is 0 Å². The summed E-state index contributed by atoms with van der Waals surface area (Å²) in [7, 11) is 0. The van der Waals surface area contributed by atoms with Crippen molar-refractivity contribution < 1.29 is 14.7 Å². The van der Waals surface area contributed by atoms with Gasteiger partial charge >= 0.3 is 5.97 Å². The second-order valence-electron chi connectivity index (χ2n) is 8.65. The summed E-state index contributed by atoms with van der Waals surface area (Å²) < 4.78 is 0. The number of benzene rings is 3. The van der Waals surface area contributed by atoms with Crippen molar-refractivity contribution in [2.24, 2.45) is 0 Å². The van der Waals surface area contributed by atoms with Crippen LogP contribution in [0, 0.1) is 6.92 Å². The average molecular weight is 500 g/mol. The third-order valence-corrected chi connectivity index (χ3v) is 6.96. The molecule has 0 aliphatic heterocycles. The maximum Gasteiger partial charge on any atom is 0.325 e. The minimum Gasteiger partial charge on any atom is -0.480 e. The summed E-state index contributed by atoms with van der Waals surface area (Å²) in [6.07, 6.45) is 0.883. The molecule has 0 radical (unpaired) electrons. The molecule has 7 heteroatoms. The zero-order valence-electron chi connectivity index (χ0n) is 20.3. The Morgan fingerprint density at radius 3 is 2.22 bits per heavy atom. The SMILES string of the molecule is Cc1sc(N(CCc2ccccc2)Cc2ccc(C(=O)NC(C)C(=O)O)cc2)nc1-c1ccccc1. The molecule has 0 aliphatic rings. The van der Waals surface area contributed by atoms with Crippen molar-refractivity contribution in [2.75, 3.05) is 11.4 Å². The van der Waals surface area contributed by atoms with Crippen molar-refractivity contribution >= 4 is 28.3 Å². The molecule has 0 fully saturated rings. The van der Waals surface area contributed by atoms with Gasteiger partial charge in [-0.15, -0.1) is 11.3 Å². The number of carbonyl (C=O) groups excluding carboxylic acids is 1. The minimum atomic E-state index is -1.07. The Labute approximate surface area is 215 Å². The van der Waals surface area contributed by atoms with Crippen LogP contribution in [0.1, 0.15) is 33.3 Å². The zero-order valence-corrected chi connectivity index (χ0v) is 21.2. The number of nitrogens with one attached hydrogen (secondary N) is 1. The smallest absolute Gasteiger partial charge is 0.325 e. The number of carboxylic acids is 1. The molecule has 4 rings (SSSR count). The first kappa shape index (κ1) is 25.1. The van der Waals surface area contributed by atoms with E-state index in [4.69, 9.17) is 10.1 Å². The summed E-state index contributed by atoms with van der Waals surface area (Å²) >= 11 is 1.68. The molecule has 2 N–H and O–H groups in total. The number of carboxylic acid groups (broad SMARTS) is 1. The van der Waals surface area contributed by atoms with Crippen LogP contribution in [0.25, 0.3) is 11.3 Å². The Kier molecular flexibility index (Phi) is 8.13. The molecule has 1 amide bonds. The van der Waals surface area contributed by atoms with Gasteiger partial charge in [0.05, 0.1) is 5.69 Å². The van der Waals surface area contributed by atoms with Crippen LogP contribution < -0.4 is 10.2 Å². The standard InChI is InChI=1S/C29H29N3O3S/c1-20(28(34)35)30-27(33)25-15-13-23(14-16-25)19-32(18-17-22-9-5-3-6-10-22)29-31-26(21(2)36-29)24-11-7-4-8-12-24/h3-16,20H,17-19H2,1-2H3,(H,30,33)(H,34,35). The van der Waals surface area contributed by atoms with Crippen molar-refractivity contribution in [3.05, 3.63) is 106 Å². The molecule has 1 aromatic heterocycles. The number of hydrogen-bond donors (Lipinski definition) is 2. The van der Waals surface area contributed by atoms with Crippen LogP contribution in [0.2, 0.25) is 0 Å². The van der Waals surface area contributed by atoms with Crippen molar-refractivity contribution in [2.45, 2.75) is 32.9 Å². The summed E-state index contributed by atoms with van der Waals surface area (Å²) in [6, 6.07) is 26.9. The van der Waals surface area contributed by atoms with E-state index >= 15 is 0 Å². The lowest BCUT2D eigenvalue weighted by Gasteiger charge is -2.22. The second-order valence-corrected chi connectivity index (χ2v) is 9.84. The van der Waals surface area contributed by atoms with E-state index in [1.807, 2.05) is 36.4 Å². The number of aromatic nitrogens is 1. The number of anilines is 1. The van der Waals surface area contributed by atoms with Gasteiger partial charge < -0.3 is 15.3 Å². The van der Waals surface area contributed by atoms with Gasteiger partial charge in [0.2, 0.25) is 0 Å². The number of nitrogens with zero attached hydrogens (tertiary/aromatic N) is 2. The van der Waals surface area contributed by atoms with Crippen molar-refractivity contribution in [3.8, 4) is 11.3 Å². The minimum absolute atomic E-state index is 0.402. The Morgan fingerprint density at radius 2 is 1.58 bits per heavy atom. The van der Waals surface area contributed by atoms with Crippen LogP contribution in [-0.2, 0) is 17.8 Å². The van der Waals surface area contributed by atoms with Crippen LogP contribution in [0.5, 0.6) is 0 Å². The molecule has 4 aromatic rings. The normalized spacial score (nSPS) is 11.6. The molecule has 6 nitrogen and oxygen atoms in total. The zero-order chi connectivity index (χ0) is 25.5. The fourth-order valence-corrected chi connectivity index (χ4v) is 4.81. The van der Waals surface area contributed by atoms with Crippen molar-refractivity contribution in [3.63, 3.8) is 0 Å². The van der Waals surface area contributed by atoms with Crippen LogP contribution in [-0.4, -0.2) is 34.6 Å². The number of rotatable bonds is 10. The summed E-state index contributed by atoms with van der Waals surface area (Å²) in [4.78, 5) is 31.8. The third-order valence-electron chi connectivity index (χ3n) is 5.92. The van der Waals surface area contributed by atoms with E-state index in [0.29, 0.717) is 12.1 Å². The molecule has 1 unspecified atom stereocenters. The van der Waals surface area contributed by atoms with E-state index in [0.717, 1.165) is 34.9 Å². The molecular formula is C29H29N3O3S. The Balaban J connectivity index is 1.54. The highest BCUT2D eigenvalue weighted by Crippen LogP contribution is 2.33. The van der Waals surface area contributed by atoms with Gasteiger partial charge in [-0.05, 0) is 43.5 Å². The van der Waals surface area contributed by atoms with Gasteiger partial charge in [-0.25, -0.2) is 4.98 Å². The summed E-state index contributed by atoms with van der Waals surface area (Å²) in [5.41, 5.74) is 4.84. The predicted octanol–water partition coefficient (Wildman–Crippen LogP) is 5.57. The quantitative estimate of drug-likeness (QED) is 0.298. The lowest BCUT2D eigenvalue weighted by atomic mass is 10.1. The first-order valence-corrected chi connectivity index (χ1v) is 12.7. The largest absolute Gasteiger partial charge is 0.480 e.